The summed E-state index contributed by atoms with van der Waals surface area (Å²) in [6.07, 6.45) is -0.293. The predicted molar refractivity (Wildman–Crippen MR) is 64.0 cm³/mol. The minimum Gasteiger partial charge on any atom is -0.392 e. The number of rotatable bonds is 4. The van der Waals surface area contributed by atoms with Gasteiger partial charge >= 0.3 is 0 Å². The molecule has 1 aromatic carbocycles. The molecule has 1 aromatic rings. The Kier molecular flexibility index (Phi) is 4.30. The minimum atomic E-state index is -0.293. The molecule has 0 fully saturated rings. The summed E-state index contributed by atoms with van der Waals surface area (Å²) in [6, 6.07) is 6.77. The standard InChI is InChI=1S/C13H21NO/c1-9-5-6-13(10(2)7-9)12(4)14-8-11(3)15/h5-7,11-12,14-15H,8H2,1-4H3. The summed E-state index contributed by atoms with van der Waals surface area (Å²) >= 11 is 0. The Labute approximate surface area is 92.3 Å². The van der Waals surface area contributed by atoms with E-state index in [0.717, 1.165) is 0 Å². The number of benzene rings is 1. The smallest absolute Gasteiger partial charge is 0.0636 e. The van der Waals surface area contributed by atoms with E-state index in [1.54, 1.807) is 6.92 Å². The van der Waals surface area contributed by atoms with Crippen LogP contribution < -0.4 is 5.32 Å². The van der Waals surface area contributed by atoms with Gasteiger partial charge in [-0.1, -0.05) is 23.8 Å². The molecule has 0 amide bonds. The molecule has 2 atom stereocenters. The van der Waals surface area contributed by atoms with Crippen LogP contribution in [0.25, 0.3) is 0 Å². The quantitative estimate of drug-likeness (QED) is 0.794. The van der Waals surface area contributed by atoms with Crippen LogP contribution in [0.3, 0.4) is 0 Å². The lowest BCUT2D eigenvalue weighted by molar-refractivity contribution is 0.187. The van der Waals surface area contributed by atoms with Crippen LogP contribution in [0.15, 0.2) is 18.2 Å². The Morgan fingerprint density at radius 1 is 1.27 bits per heavy atom. The number of aliphatic hydroxyl groups excluding tert-OH is 1. The van der Waals surface area contributed by atoms with Crippen LogP contribution in [-0.4, -0.2) is 17.8 Å². The van der Waals surface area contributed by atoms with E-state index >= 15 is 0 Å². The Morgan fingerprint density at radius 3 is 2.47 bits per heavy atom. The van der Waals surface area contributed by atoms with Gasteiger partial charge in [0.15, 0.2) is 0 Å². The van der Waals surface area contributed by atoms with Gasteiger partial charge in [0.25, 0.3) is 0 Å². The van der Waals surface area contributed by atoms with Crippen molar-refractivity contribution in [3.63, 3.8) is 0 Å². The third kappa shape index (κ3) is 3.65. The van der Waals surface area contributed by atoms with Crippen LogP contribution in [0, 0.1) is 13.8 Å². The molecule has 0 saturated heterocycles. The molecule has 84 valence electrons. The highest BCUT2D eigenvalue weighted by molar-refractivity contribution is 5.32. The second-order valence-electron chi connectivity index (χ2n) is 4.34. The fourth-order valence-electron chi connectivity index (χ4n) is 1.77. The van der Waals surface area contributed by atoms with Crippen molar-refractivity contribution in [3.05, 3.63) is 34.9 Å². The molecule has 1 rings (SSSR count). The Balaban J connectivity index is 2.69. The van der Waals surface area contributed by atoms with E-state index in [0.29, 0.717) is 12.6 Å². The van der Waals surface area contributed by atoms with Crippen LogP contribution in [0.4, 0.5) is 0 Å². The second kappa shape index (κ2) is 5.29. The van der Waals surface area contributed by atoms with Crippen molar-refractivity contribution < 1.29 is 5.11 Å². The lowest BCUT2D eigenvalue weighted by Crippen LogP contribution is -2.27. The largest absolute Gasteiger partial charge is 0.392 e. The summed E-state index contributed by atoms with van der Waals surface area (Å²) in [4.78, 5) is 0. The average molecular weight is 207 g/mol. The number of aliphatic hydroxyl groups is 1. The number of hydrogen-bond donors (Lipinski definition) is 2. The van der Waals surface area contributed by atoms with E-state index in [1.165, 1.54) is 16.7 Å². The van der Waals surface area contributed by atoms with E-state index in [1.807, 2.05) is 0 Å². The van der Waals surface area contributed by atoms with E-state index in [9.17, 15) is 5.11 Å². The second-order valence-corrected chi connectivity index (χ2v) is 4.34. The summed E-state index contributed by atoms with van der Waals surface area (Å²) in [5.41, 5.74) is 3.90. The predicted octanol–water partition coefficient (Wildman–Crippen LogP) is 2.33. The highest BCUT2D eigenvalue weighted by Gasteiger charge is 2.08. The van der Waals surface area contributed by atoms with Crippen LogP contribution in [-0.2, 0) is 0 Å². The SMILES string of the molecule is Cc1ccc(C(C)NCC(C)O)c(C)c1. The number of aryl methyl sites for hydroxylation is 2. The van der Waals surface area contributed by atoms with Gasteiger partial charge < -0.3 is 10.4 Å². The Hall–Kier alpha value is -0.860. The molecule has 2 N–H and O–H groups in total. The first kappa shape index (κ1) is 12.2. The summed E-state index contributed by atoms with van der Waals surface area (Å²) < 4.78 is 0. The van der Waals surface area contributed by atoms with Gasteiger partial charge in [0.1, 0.15) is 0 Å². The lowest BCUT2D eigenvalue weighted by Gasteiger charge is -2.18. The van der Waals surface area contributed by atoms with Crippen LogP contribution in [0.1, 0.15) is 36.6 Å². The maximum Gasteiger partial charge on any atom is 0.0636 e. The summed E-state index contributed by atoms with van der Waals surface area (Å²) in [7, 11) is 0. The van der Waals surface area contributed by atoms with Gasteiger partial charge in [0.2, 0.25) is 0 Å². The van der Waals surface area contributed by atoms with Gasteiger partial charge in [-0.25, -0.2) is 0 Å². The molecule has 0 aliphatic rings. The van der Waals surface area contributed by atoms with Crippen LogP contribution in [0.5, 0.6) is 0 Å². The highest BCUT2D eigenvalue weighted by atomic mass is 16.3. The topological polar surface area (TPSA) is 32.3 Å². The van der Waals surface area contributed by atoms with Crippen molar-refractivity contribution >= 4 is 0 Å². The van der Waals surface area contributed by atoms with Crippen molar-refractivity contribution in [3.8, 4) is 0 Å². The third-order valence-electron chi connectivity index (χ3n) is 2.61. The number of hydrogen-bond acceptors (Lipinski definition) is 2. The first-order valence-corrected chi connectivity index (χ1v) is 5.49. The lowest BCUT2D eigenvalue weighted by atomic mass is 10.0. The Bertz CT molecular complexity index is 320. The van der Waals surface area contributed by atoms with Crippen LogP contribution >= 0.6 is 0 Å². The zero-order valence-corrected chi connectivity index (χ0v) is 10.0. The van der Waals surface area contributed by atoms with Gasteiger partial charge in [0, 0.05) is 12.6 Å². The van der Waals surface area contributed by atoms with Gasteiger partial charge in [-0.3, -0.25) is 0 Å². The molecule has 2 unspecified atom stereocenters. The zero-order valence-electron chi connectivity index (χ0n) is 10.0. The molecular formula is C13H21NO. The number of nitrogens with one attached hydrogen (secondary N) is 1. The molecule has 0 radical (unpaired) electrons. The van der Waals surface area contributed by atoms with E-state index in [2.05, 4.69) is 44.3 Å². The molecule has 0 aliphatic heterocycles. The fourth-order valence-corrected chi connectivity index (χ4v) is 1.77. The van der Waals surface area contributed by atoms with Crippen molar-refractivity contribution in [2.24, 2.45) is 0 Å². The van der Waals surface area contributed by atoms with Gasteiger partial charge in [0.05, 0.1) is 6.10 Å². The Morgan fingerprint density at radius 2 is 1.93 bits per heavy atom. The molecule has 0 saturated carbocycles. The summed E-state index contributed by atoms with van der Waals surface area (Å²) in [5.74, 6) is 0. The van der Waals surface area contributed by atoms with Crippen molar-refractivity contribution in [2.75, 3.05) is 6.54 Å². The van der Waals surface area contributed by atoms with Crippen molar-refractivity contribution in [1.29, 1.82) is 0 Å². The minimum absolute atomic E-state index is 0.292. The summed E-state index contributed by atoms with van der Waals surface area (Å²) in [5, 5.41) is 12.5. The van der Waals surface area contributed by atoms with E-state index in [4.69, 9.17) is 0 Å². The molecule has 0 heterocycles. The molecule has 0 spiro atoms. The molecule has 2 nitrogen and oxygen atoms in total. The van der Waals surface area contributed by atoms with E-state index < -0.39 is 0 Å². The normalized spacial score (nSPS) is 15.0. The fraction of sp³-hybridized carbons (Fsp3) is 0.538. The summed E-state index contributed by atoms with van der Waals surface area (Å²) in [6.45, 7) is 8.78. The molecule has 0 aromatic heterocycles. The monoisotopic (exact) mass is 207 g/mol. The van der Waals surface area contributed by atoms with Gasteiger partial charge in [-0.15, -0.1) is 0 Å². The molecular weight excluding hydrogens is 186 g/mol. The van der Waals surface area contributed by atoms with Gasteiger partial charge in [-0.2, -0.15) is 0 Å². The average Bonchev–Trinajstić information content (AvgIpc) is 2.14. The maximum absolute atomic E-state index is 9.20. The molecule has 15 heavy (non-hydrogen) atoms. The highest BCUT2D eigenvalue weighted by Crippen LogP contribution is 2.18. The molecule has 0 aliphatic carbocycles. The first-order valence-electron chi connectivity index (χ1n) is 5.49. The first-order chi connectivity index (χ1) is 7.00. The van der Waals surface area contributed by atoms with E-state index in [-0.39, 0.29) is 6.10 Å². The molecule has 0 bridgehead atoms. The van der Waals surface area contributed by atoms with Crippen LogP contribution in [0.2, 0.25) is 0 Å². The van der Waals surface area contributed by atoms with Crippen molar-refractivity contribution in [1.82, 2.24) is 5.32 Å². The van der Waals surface area contributed by atoms with Gasteiger partial charge in [-0.05, 0) is 38.8 Å². The zero-order chi connectivity index (χ0) is 11.4. The van der Waals surface area contributed by atoms with Crippen molar-refractivity contribution in [2.45, 2.75) is 39.8 Å². The third-order valence-corrected chi connectivity index (χ3v) is 2.61. The molecule has 2 heteroatoms. The maximum atomic E-state index is 9.20.